The van der Waals surface area contributed by atoms with Gasteiger partial charge in [-0.05, 0) is 62.1 Å². The van der Waals surface area contributed by atoms with Crippen molar-refractivity contribution in [3.63, 3.8) is 0 Å². The van der Waals surface area contributed by atoms with Crippen molar-refractivity contribution in [2.75, 3.05) is 38.3 Å². The van der Waals surface area contributed by atoms with Crippen LogP contribution >= 0.6 is 0 Å². The molecule has 0 spiro atoms. The number of likely N-dealkylation sites (N-methyl/N-ethyl adjacent to an activating group) is 1. The van der Waals surface area contributed by atoms with Crippen molar-refractivity contribution < 1.29 is 13.9 Å². The number of carbonyl (C=O) groups excluding carboxylic acids is 1. The molecule has 0 aliphatic rings. The van der Waals surface area contributed by atoms with Gasteiger partial charge in [-0.1, -0.05) is 18.7 Å². The average molecular weight is 444 g/mol. The summed E-state index contributed by atoms with van der Waals surface area (Å²) in [6.45, 7) is 4.92. The Hall–Kier alpha value is -4.17. The minimum absolute atomic E-state index is 0.294. The number of fused-ring (bicyclic) bond motifs is 1. The van der Waals surface area contributed by atoms with Gasteiger partial charge in [-0.3, -0.25) is 4.79 Å². The topological polar surface area (TPSA) is 107 Å². The molecule has 168 valence electrons. The first-order chi connectivity index (χ1) is 16.0. The van der Waals surface area contributed by atoms with E-state index >= 15 is 0 Å². The number of nitrogen functional groups attached to an aromatic ring is 1. The Bertz CT molecular complexity index is 1300. The molecule has 2 heterocycles. The zero-order valence-corrected chi connectivity index (χ0v) is 18.5. The molecule has 2 aromatic carbocycles. The van der Waals surface area contributed by atoms with E-state index in [4.69, 9.17) is 14.9 Å². The second kappa shape index (κ2) is 9.54. The van der Waals surface area contributed by atoms with Crippen LogP contribution in [0.25, 0.3) is 33.6 Å². The van der Waals surface area contributed by atoms with Crippen molar-refractivity contribution in [1.29, 1.82) is 0 Å². The Kier molecular flexibility index (Phi) is 6.37. The lowest BCUT2D eigenvalue weighted by Crippen LogP contribution is -2.19. The highest BCUT2D eigenvalue weighted by atomic mass is 16.5. The molecule has 8 nitrogen and oxygen atoms in total. The summed E-state index contributed by atoms with van der Waals surface area (Å²) in [6, 6.07) is 15.1. The van der Waals surface area contributed by atoms with Gasteiger partial charge in [0.2, 0.25) is 11.6 Å². The van der Waals surface area contributed by atoms with Gasteiger partial charge in [0.25, 0.3) is 0 Å². The summed E-state index contributed by atoms with van der Waals surface area (Å²) in [5.41, 5.74) is 9.61. The number of hydrogen-bond donors (Lipinski definition) is 2. The Balaban J connectivity index is 1.77. The van der Waals surface area contributed by atoms with Crippen LogP contribution < -0.4 is 15.8 Å². The molecular weight excluding hydrogens is 418 g/mol. The SMILES string of the molecule is C=CC(=O)Nc1cccc(-c2c(-c3ccc(OCCN(C)C)cc3)oc3ncnc(N)c23)c1. The summed E-state index contributed by atoms with van der Waals surface area (Å²) >= 11 is 0. The third kappa shape index (κ3) is 4.86. The quantitative estimate of drug-likeness (QED) is 0.393. The Morgan fingerprint density at radius 3 is 2.70 bits per heavy atom. The number of amides is 1. The minimum Gasteiger partial charge on any atom is -0.492 e. The van der Waals surface area contributed by atoms with Crippen LogP contribution in [0.5, 0.6) is 5.75 Å². The highest BCUT2D eigenvalue weighted by Gasteiger charge is 2.21. The molecule has 1 amide bonds. The Morgan fingerprint density at radius 1 is 1.18 bits per heavy atom. The summed E-state index contributed by atoms with van der Waals surface area (Å²) in [7, 11) is 4.00. The largest absolute Gasteiger partial charge is 0.492 e. The molecule has 0 unspecified atom stereocenters. The molecule has 0 atom stereocenters. The number of aromatic nitrogens is 2. The normalized spacial score (nSPS) is 11.0. The molecule has 0 bridgehead atoms. The number of ether oxygens (including phenoxy) is 1. The third-order valence-electron chi connectivity index (χ3n) is 5.05. The van der Waals surface area contributed by atoms with Crippen LogP contribution in [0.1, 0.15) is 0 Å². The fourth-order valence-corrected chi connectivity index (χ4v) is 3.43. The van der Waals surface area contributed by atoms with Crippen molar-refractivity contribution in [2.24, 2.45) is 0 Å². The van der Waals surface area contributed by atoms with Crippen LogP contribution in [0.15, 0.2) is 71.9 Å². The number of nitrogens with two attached hydrogens (primary N) is 1. The van der Waals surface area contributed by atoms with Crippen LogP contribution in [-0.2, 0) is 4.79 Å². The van der Waals surface area contributed by atoms with E-state index in [1.54, 1.807) is 6.07 Å². The molecule has 8 heteroatoms. The summed E-state index contributed by atoms with van der Waals surface area (Å²) in [5.74, 6) is 1.39. The van der Waals surface area contributed by atoms with Gasteiger partial charge in [-0.2, -0.15) is 0 Å². The number of furan rings is 1. The van der Waals surface area contributed by atoms with Crippen LogP contribution in [-0.4, -0.2) is 48.0 Å². The molecule has 0 aliphatic heterocycles. The first-order valence-electron chi connectivity index (χ1n) is 10.4. The predicted octanol–water partition coefficient (Wildman–Crippen LogP) is 4.20. The first-order valence-corrected chi connectivity index (χ1v) is 10.4. The van der Waals surface area contributed by atoms with E-state index < -0.39 is 0 Å². The van der Waals surface area contributed by atoms with E-state index in [2.05, 4.69) is 26.8 Å². The fraction of sp³-hybridized carbons (Fsp3) is 0.160. The van der Waals surface area contributed by atoms with Gasteiger partial charge in [-0.25, -0.2) is 9.97 Å². The van der Waals surface area contributed by atoms with E-state index in [0.717, 1.165) is 29.0 Å². The number of rotatable bonds is 8. The summed E-state index contributed by atoms with van der Waals surface area (Å²) in [6.07, 6.45) is 2.59. The molecule has 0 fully saturated rings. The van der Waals surface area contributed by atoms with Gasteiger partial charge in [-0.15, -0.1) is 0 Å². The maximum Gasteiger partial charge on any atom is 0.247 e. The third-order valence-corrected chi connectivity index (χ3v) is 5.05. The van der Waals surface area contributed by atoms with Crippen LogP contribution in [0.3, 0.4) is 0 Å². The van der Waals surface area contributed by atoms with Crippen molar-refractivity contribution in [3.05, 3.63) is 67.5 Å². The van der Waals surface area contributed by atoms with E-state index in [-0.39, 0.29) is 5.91 Å². The second-order valence-corrected chi connectivity index (χ2v) is 7.70. The molecular formula is C25H25N5O3. The summed E-state index contributed by atoms with van der Waals surface area (Å²) < 4.78 is 11.9. The van der Waals surface area contributed by atoms with E-state index in [1.165, 1.54) is 12.4 Å². The van der Waals surface area contributed by atoms with Crippen molar-refractivity contribution in [2.45, 2.75) is 0 Å². The first kappa shape index (κ1) is 22.0. The van der Waals surface area contributed by atoms with Gasteiger partial charge in [0.15, 0.2) is 0 Å². The molecule has 0 aliphatic carbocycles. The highest BCUT2D eigenvalue weighted by molar-refractivity contribution is 6.06. The Labute approximate surface area is 191 Å². The number of nitrogens with one attached hydrogen (secondary N) is 1. The van der Waals surface area contributed by atoms with Crippen molar-refractivity contribution >= 4 is 28.5 Å². The number of anilines is 2. The Morgan fingerprint density at radius 2 is 1.97 bits per heavy atom. The molecule has 4 aromatic rings. The maximum absolute atomic E-state index is 11.8. The number of hydrogen-bond acceptors (Lipinski definition) is 7. The molecule has 0 saturated heterocycles. The molecule has 0 saturated carbocycles. The van der Waals surface area contributed by atoms with E-state index in [0.29, 0.717) is 35.0 Å². The van der Waals surface area contributed by atoms with Crippen molar-refractivity contribution in [3.8, 4) is 28.2 Å². The number of nitrogens with zero attached hydrogens (tertiary/aromatic N) is 3. The van der Waals surface area contributed by atoms with Gasteiger partial charge in [0.05, 0.1) is 5.39 Å². The molecule has 4 rings (SSSR count). The minimum atomic E-state index is -0.294. The van der Waals surface area contributed by atoms with E-state index in [9.17, 15) is 4.79 Å². The average Bonchev–Trinajstić information content (AvgIpc) is 3.20. The smallest absolute Gasteiger partial charge is 0.247 e. The summed E-state index contributed by atoms with van der Waals surface area (Å²) in [5, 5.41) is 3.40. The predicted molar refractivity (Wildman–Crippen MR) is 130 cm³/mol. The lowest BCUT2D eigenvalue weighted by Gasteiger charge is -2.11. The zero-order chi connectivity index (χ0) is 23.4. The van der Waals surface area contributed by atoms with Gasteiger partial charge in [0, 0.05) is 23.4 Å². The molecule has 0 radical (unpaired) electrons. The fourth-order valence-electron chi connectivity index (χ4n) is 3.43. The standard InChI is InChI=1S/C25H25N5O3/c1-4-20(31)29-18-7-5-6-17(14-18)21-22-24(26)27-15-28-25(22)33-23(21)16-8-10-19(11-9-16)32-13-12-30(2)3/h4-11,14-15H,1,12-13H2,2-3H3,(H,29,31)(H2,26,27,28). The molecule has 3 N–H and O–H groups in total. The lowest BCUT2D eigenvalue weighted by molar-refractivity contribution is -0.111. The van der Waals surface area contributed by atoms with Gasteiger partial charge in [0.1, 0.15) is 30.3 Å². The second-order valence-electron chi connectivity index (χ2n) is 7.70. The van der Waals surface area contributed by atoms with Crippen LogP contribution in [0.4, 0.5) is 11.5 Å². The zero-order valence-electron chi connectivity index (χ0n) is 18.5. The number of carbonyl (C=O) groups is 1. The van der Waals surface area contributed by atoms with Gasteiger partial charge < -0.3 is 25.1 Å². The molecule has 2 aromatic heterocycles. The number of benzene rings is 2. The van der Waals surface area contributed by atoms with Crippen LogP contribution in [0, 0.1) is 0 Å². The highest BCUT2D eigenvalue weighted by Crippen LogP contribution is 2.42. The van der Waals surface area contributed by atoms with Crippen molar-refractivity contribution in [1.82, 2.24) is 14.9 Å². The monoisotopic (exact) mass is 443 g/mol. The van der Waals surface area contributed by atoms with E-state index in [1.807, 2.05) is 56.6 Å². The van der Waals surface area contributed by atoms with Gasteiger partial charge >= 0.3 is 0 Å². The molecule has 33 heavy (non-hydrogen) atoms. The lowest BCUT2D eigenvalue weighted by atomic mass is 9.98. The maximum atomic E-state index is 11.8. The summed E-state index contributed by atoms with van der Waals surface area (Å²) in [4.78, 5) is 22.2. The van der Waals surface area contributed by atoms with Crippen LogP contribution in [0.2, 0.25) is 0 Å².